The lowest BCUT2D eigenvalue weighted by Crippen LogP contribution is -1.93. The molecule has 0 aliphatic rings. The molecule has 0 aliphatic carbocycles. The van der Waals surface area contributed by atoms with Crippen LogP contribution < -0.4 is 0 Å². The molecule has 2 nitrogen and oxygen atoms in total. The van der Waals surface area contributed by atoms with Crippen molar-refractivity contribution >= 4 is 70.4 Å². The SMILES string of the molecule is Brc1cccc(-c2ccc3oc4ccc(-n5c6cccc7ccc8cccc5c8c76)cc4c3c2)c1. The lowest BCUT2D eigenvalue weighted by Gasteiger charge is -2.08. The highest BCUT2D eigenvalue weighted by Crippen LogP contribution is 2.40. The lowest BCUT2D eigenvalue weighted by molar-refractivity contribution is 0.669. The number of nitrogens with zero attached hydrogens (tertiary/aromatic N) is 1. The molecular weight excluding hydrogens is 494 g/mol. The minimum Gasteiger partial charge on any atom is -0.456 e. The van der Waals surface area contributed by atoms with Gasteiger partial charge in [0.05, 0.1) is 11.0 Å². The van der Waals surface area contributed by atoms with Gasteiger partial charge in [-0.1, -0.05) is 70.5 Å². The first-order chi connectivity index (χ1) is 17.2. The summed E-state index contributed by atoms with van der Waals surface area (Å²) in [6.45, 7) is 0. The number of benzene rings is 6. The van der Waals surface area contributed by atoms with Crippen molar-refractivity contribution in [2.75, 3.05) is 0 Å². The van der Waals surface area contributed by atoms with Gasteiger partial charge >= 0.3 is 0 Å². The fourth-order valence-corrected chi connectivity index (χ4v) is 6.05. The highest BCUT2D eigenvalue weighted by Gasteiger charge is 2.17. The first-order valence-electron chi connectivity index (χ1n) is 11.7. The standard InChI is InChI=1S/C32H18BrNO/c33-23-7-1-6-21(16-23)22-12-14-29-25(17-22)26-18-24(13-15-30(26)35-29)34-27-8-2-4-19-10-11-20-5-3-9-28(34)32(20)31(19)27/h1-18H. The predicted octanol–water partition coefficient (Wildman–Crippen LogP) is 9.70. The molecule has 0 unspecified atom stereocenters. The number of hydrogen-bond acceptors (Lipinski definition) is 1. The van der Waals surface area contributed by atoms with Gasteiger partial charge in [-0.15, -0.1) is 0 Å². The van der Waals surface area contributed by atoms with Crippen molar-refractivity contribution < 1.29 is 4.42 Å². The van der Waals surface area contributed by atoms with Crippen LogP contribution in [0, 0.1) is 0 Å². The van der Waals surface area contributed by atoms with Gasteiger partial charge in [0.2, 0.25) is 0 Å². The molecule has 0 spiro atoms. The molecule has 2 aromatic heterocycles. The zero-order valence-electron chi connectivity index (χ0n) is 18.6. The average molecular weight is 512 g/mol. The summed E-state index contributed by atoms with van der Waals surface area (Å²) >= 11 is 3.60. The third-order valence-electron chi connectivity index (χ3n) is 7.19. The largest absolute Gasteiger partial charge is 0.456 e. The van der Waals surface area contributed by atoms with E-state index in [0.717, 1.165) is 32.1 Å². The molecule has 0 fully saturated rings. The molecule has 164 valence electrons. The molecule has 0 amide bonds. The van der Waals surface area contributed by atoms with Crippen molar-refractivity contribution in [1.29, 1.82) is 0 Å². The summed E-state index contributed by atoms with van der Waals surface area (Å²) in [5.74, 6) is 0. The van der Waals surface area contributed by atoms with E-state index in [0.29, 0.717) is 0 Å². The average Bonchev–Trinajstić information content (AvgIpc) is 3.43. The molecule has 0 N–H and O–H groups in total. The van der Waals surface area contributed by atoms with Crippen LogP contribution in [-0.4, -0.2) is 4.57 Å². The van der Waals surface area contributed by atoms with E-state index in [4.69, 9.17) is 4.42 Å². The van der Waals surface area contributed by atoms with Crippen molar-refractivity contribution in [3.05, 3.63) is 114 Å². The van der Waals surface area contributed by atoms with Crippen LogP contribution in [-0.2, 0) is 0 Å². The number of fused-ring (bicyclic) bond motifs is 3. The third kappa shape index (κ3) is 2.70. The Morgan fingerprint density at radius 1 is 0.543 bits per heavy atom. The van der Waals surface area contributed by atoms with Crippen molar-refractivity contribution in [3.63, 3.8) is 0 Å². The van der Waals surface area contributed by atoms with Crippen LogP contribution in [0.4, 0.5) is 0 Å². The van der Waals surface area contributed by atoms with Gasteiger partial charge in [0.15, 0.2) is 0 Å². The number of aromatic nitrogens is 1. The Labute approximate surface area is 209 Å². The van der Waals surface area contributed by atoms with Gasteiger partial charge in [-0.3, -0.25) is 0 Å². The van der Waals surface area contributed by atoms with E-state index in [1.54, 1.807) is 0 Å². The van der Waals surface area contributed by atoms with E-state index in [1.807, 2.05) is 0 Å². The predicted molar refractivity (Wildman–Crippen MR) is 150 cm³/mol. The van der Waals surface area contributed by atoms with Crippen molar-refractivity contribution in [2.24, 2.45) is 0 Å². The van der Waals surface area contributed by atoms with Crippen molar-refractivity contribution in [3.8, 4) is 16.8 Å². The number of furan rings is 1. The van der Waals surface area contributed by atoms with Gasteiger partial charge in [-0.05, 0) is 76.5 Å². The van der Waals surface area contributed by atoms with Crippen LogP contribution >= 0.6 is 15.9 Å². The summed E-state index contributed by atoms with van der Waals surface area (Å²) in [4.78, 5) is 0. The monoisotopic (exact) mass is 511 g/mol. The minimum atomic E-state index is 0.906. The van der Waals surface area contributed by atoms with Gasteiger partial charge in [-0.2, -0.15) is 0 Å². The Bertz CT molecular complexity index is 2010. The number of hydrogen-bond donors (Lipinski definition) is 0. The lowest BCUT2D eigenvalue weighted by atomic mass is 10.0. The highest BCUT2D eigenvalue weighted by atomic mass is 79.9. The molecule has 0 bridgehead atoms. The molecule has 35 heavy (non-hydrogen) atoms. The molecule has 6 aromatic carbocycles. The summed E-state index contributed by atoms with van der Waals surface area (Å²) in [5, 5.41) is 7.47. The maximum atomic E-state index is 6.23. The van der Waals surface area contributed by atoms with Crippen LogP contribution in [0.15, 0.2) is 118 Å². The normalized spacial score (nSPS) is 12.1. The molecule has 0 aliphatic heterocycles. The molecule has 8 aromatic rings. The Morgan fingerprint density at radius 3 is 1.89 bits per heavy atom. The number of rotatable bonds is 2. The molecule has 0 radical (unpaired) electrons. The maximum Gasteiger partial charge on any atom is 0.135 e. The van der Waals surface area contributed by atoms with Crippen molar-refractivity contribution in [1.82, 2.24) is 4.57 Å². The van der Waals surface area contributed by atoms with Gasteiger partial charge in [0, 0.05) is 31.7 Å². The maximum absolute atomic E-state index is 6.23. The molecular formula is C32H18BrNO. The van der Waals surface area contributed by atoms with Crippen LogP contribution in [0.5, 0.6) is 0 Å². The van der Waals surface area contributed by atoms with Crippen LogP contribution in [0.2, 0.25) is 0 Å². The van der Waals surface area contributed by atoms with Gasteiger partial charge < -0.3 is 8.98 Å². The summed E-state index contributed by atoms with van der Waals surface area (Å²) in [6, 6.07) is 39.0. The highest BCUT2D eigenvalue weighted by molar-refractivity contribution is 9.10. The molecule has 3 heteroatoms. The van der Waals surface area contributed by atoms with E-state index >= 15 is 0 Å². The molecule has 8 rings (SSSR count). The number of halogens is 1. The van der Waals surface area contributed by atoms with E-state index in [2.05, 4.69) is 130 Å². The summed E-state index contributed by atoms with van der Waals surface area (Å²) in [5.41, 5.74) is 7.78. The second-order valence-electron chi connectivity index (χ2n) is 9.16. The Hall–Kier alpha value is -4.08. The fourth-order valence-electron chi connectivity index (χ4n) is 5.65. The van der Waals surface area contributed by atoms with Crippen LogP contribution in [0.3, 0.4) is 0 Å². The van der Waals surface area contributed by atoms with Gasteiger partial charge in [-0.25, -0.2) is 0 Å². The zero-order valence-corrected chi connectivity index (χ0v) is 20.2. The zero-order chi connectivity index (χ0) is 23.1. The second-order valence-corrected chi connectivity index (χ2v) is 10.1. The van der Waals surface area contributed by atoms with Crippen LogP contribution in [0.25, 0.3) is 71.3 Å². The van der Waals surface area contributed by atoms with E-state index in [1.165, 1.54) is 43.7 Å². The Kier molecular flexibility index (Phi) is 3.83. The molecule has 2 heterocycles. The first-order valence-corrected chi connectivity index (χ1v) is 12.5. The van der Waals surface area contributed by atoms with Gasteiger partial charge in [0.1, 0.15) is 11.2 Å². The molecule has 0 atom stereocenters. The Morgan fingerprint density at radius 2 is 1.17 bits per heavy atom. The van der Waals surface area contributed by atoms with Crippen LogP contribution in [0.1, 0.15) is 0 Å². The fraction of sp³-hybridized carbons (Fsp3) is 0. The Balaban J connectivity index is 1.42. The second kappa shape index (κ2) is 6.97. The van der Waals surface area contributed by atoms with E-state index < -0.39 is 0 Å². The third-order valence-corrected chi connectivity index (χ3v) is 7.69. The summed E-state index contributed by atoms with van der Waals surface area (Å²) in [7, 11) is 0. The minimum absolute atomic E-state index is 0.906. The van der Waals surface area contributed by atoms with E-state index in [-0.39, 0.29) is 0 Å². The summed E-state index contributed by atoms with van der Waals surface area (Å²) in [6.07, 6.45) is 0. The van der Waals surface area contributed by atoms with E-state index in [9.17, 15) is 0 Å². The summed E-state index contributed by atoms with van der Waals surface area (Å²) < 4.78 is 9.70. The quantitative estimate of drug-likeness (QED) is 0.211. The van der Waals surface area contributed by atoms with Crippen molar-refractivity contribution in [2.45, 2.75) is 0 Å². The van der Waals surface area contributed by atoms with Gasteiger partial charge in [0.25, 0.3) is 0 Å². The molecule has 0 saturated heterocycles. The first kappa shape index (κ1) is 19.2. The smallest absolute Gasteiger partial charge is 0.135 e. The topological polar surface area (TPSA) is 18.1 Å². The molecule has 0 saturated carbocycles.